The molecule has 1 atom stereocenters. The maximum atomic E-state index is 12.5. The van der Waals surface area contributed by atoms with Gasteiger partial charge in [0.1, 0.15) is 0 Å². The van der Waals surface area contributed by atoms with Crippen LogP contribution in [0, 0.1) is 0 Å². The summed E-state index contributed by atoms with van der Waals surface area (Å²) >= 11 is 0. The van der Waals surface area contributed by atoms with E-state index < -0.39 is 0 Å². The van der Waals surface area contributed by atoms with Gasteiger partial charge in [-0.3, -0.25) is 0 Å². The van der Waals surface area contributed by atoms with Crippen LogP contribution in [0.25, 0.3) is 0 Å². The zero-order valence-electron chi connectivity index (χ0n) is 14.9. The van der Waals surface area contributed by atoms with Crippen LogP contribution in [0.5, 0.6) is 0 Å². The fourth-order valence-corrected chi connectivity index (χ4v) is 3.35. The highest BCUT2D eigenvalue weighted by Gasteiger charge is 2.21. The minimum absolute atomic E-state index is 0.0575. The maximum absolute atomic E-state index is 12.5. The van der Waals surface area contributed by atoms with Gasteiger partial charge in [0.05, 0.1) is 0 Å². The van der Waals surface area contributed by atoms with Gasteiger partial charge in [0, 0.05) is 44.3 Å². The van der Waals surface area contributed by atoms with Crippen molar-refractivity contribution in [2.24, 2.45) is 0 Å². The van der Waals surface area contributed by atoms with E-state index in [1.807, 2.05) is 17.0 Å². The first kappa shape index (κ1) is 17.3. The van der Waals surface area contributed by atoms with E-state index >= 15 is 0 Å². The summed E-state index contributed by atoms with van der Waals surface area (Å²) in [5.41, 5.74) is 2.52. The smallest absolute Gasteiger partial charge is 0.317 e. The number of urea groups is 1. The number of benzene rings is 2. The number of carbonyl (C=O) groups excluding carboxylic acids is 1. The highest BCUT2D eigenvalue weighted by Crippen LogP contribution is 2.19. The number of nitrogens with one attached hydrogen (secondary N) is 1. The molecule has 1 heterocycles. The van der Waals surface area contributed by atoms with Crippen LogP contribution >= 0.6 is 0 Å². The molecule has 1 N–H and O–H groups in total. The van der Waals surface area contributed by atoms with Crippen LogP contribution < -0.4 is 10.2 Å². The van der Waals surface area contributed by atoms with E-state index in [0.717, 1.165) is 32.6 Å². The molecule has 0 bridgehead atoms. The van der Waals surface area contributed by atoms with Crippen molar-refractivity contribution < 1.29 is 4.79 Å². The number of para-hydroxylation sites is 1. The average molecular weight is 337 g/mol. The highest BCUT2D eigenvalue weighted by molar-refractivity contribution is 5.74. The second kappa shape index (κ2) is 8.56. The van der Waals surface area contributed by atoms with Gasteiger partial charge in [-0.05, 0) is 24.1 Å². The second-order valence-corrected chi connectivity index (χ2v) is 6.51. The topological polar surface area (TPSA) is 35.6 Å². The summed E-state index contributed by atoms with van der Waals surface area (Å²) in [4.78, 5) is 16.8. The molecule has 0 aromatic heterocycles. The third-order valence-corrected chi connectivity index (χ3v) is 4.95. The lowest BCUT2D eigenvalue weighted by molar-refractivity contribution is 0.193. The van der Waals surface area contributed by atoms with Crippen LogP contribution in [0.15, 0.2) is 60.7 Å². The van der Waals surface area contributed by atoms with Gasteiger partial charge in [-0.1, -0.05) is 55.5 Å². The van der Waals surface area contributed by atoms with E-state index in [1.165, 1.54) is 11.3 Å². The number of carbonyl (C=O) groups is 1. The van der Waals surface area contributed by atoms with Crippen LogP contribution in [-0.4, -0.2) is 43.7 Å². The molecule has 1 aliphatic heterocycles. The molecule has 132 valence electrons. The lowest BCUT2D eigenvalue weighted by Gasteiger charge is -2.36. The van der Waals surface area contributed by atoms with E-state index in [9.17, 15) is 4.79 Å². The van der Waals surface area contributed by atoms with Crippen molar-refractivity contribution in [3.8, 4) is 0 Å². The minimum Gasteiger partial charge on any atom is -0.368 e. The summed E-state index contributed by atoms with van der Waals surface area (Å²) in [6.45, 7) is 6.16. The molecule has 1 aliphatic rings. The highest BCUT2D eigenvalue weighted by atomic mass is 16.2. The number of piperazine rings is 1. The Labute approximate surface area is 150 Å². The summed E-state index contributed by atoms with van der Waals surface area (Å²) in [6.07, 6.45) is 1.02. The van der Waals surface area contributed by atoms with Crippen LogP contribution in [0.2, 0.25) is 0 Å². The molecular weight excluding hydrogens is 310 g/mol. The fourth-order valence-electron chi connectivity index (χ4n) is 3.35. The molecule has 2 aromatic carbocycles. The standard InChI is InChI=1S/C21H27N3O/c1-2-18(19-9-5-3-6-10-19)17-22-21(25)24-15-13-23(14-16-24)20-11-7-4-8-12-20/h3-12,18H,2,13-17H2,1H3,(H,22,25). The average Bonchev–Trinajstić information content (AvgIpc) is 2.70. The maximum Gasteiger partial charge on any atom is 0.317 e. The number of anilines is 1. The molecule has 3 rings (SSSR count). The molecule has 1 unspecified atom stereocenters. The number of hydrogen-bond acceptors (Lipinski definition) is 2. The van der Waals surface area contributed by atoms with Crippen LogP contribution in [0.3, 0.4) is 0 Å². The Morgan fingerprint density at radius 3 is 2.16 bits per heavy atom. The van der Waals surface area contributed by atoms with Gasteiger partial charge in [-0.25, -0.2) is 4.79 Å². The Bertz CT molecular complexity index is 651. The summed E-state index contributed by atoms with van der Waals surface area (Å²) in [5.74, 6) is 0.371. The number of nitrogens with zero attached hydrogens (tertiary/aromatic N) is 2. The van der Waals surface area contributed by atoms with Crippen molar-refractivity contribution in [3.63, 3.8) is 0 Å². The van der Waals surface area contributed by atoms with Crippen molar-refractivity contribution in [2.75, 3.05) is 37.6 Å². The van der Waals surface area contributed by atoms with Crippen LogP contribution in [0.4, 0.5) is 10.5 Å². The van der Waals surface area contributed by atoms with E-state index in [4.69, 9.17) is 0 Å². The van der Waals surface area contributed by atoms with E-state index in [0.29, 0.717) is 12.5 Å². The quantitative estimate of drug-likeness (QED) is 0.903. The van der Waals surface area contributed by atoms with E-state index in [-0.39, 0.29) is 6.03 Å². The third-order valence-electron chi connectivity index (χ3n) is 4.95. The summed E-state index contributed by atoms with van der Waals surface area (Å²) in [5, 5.41) is 3.12. The predicted octanol–water partition coefficient (Wildman–Crippen LogP) is 3.71. The summed E-state index contributed by atoms with van der Waals surface area (Å²) in [6, 6.07) is 20.9. The predicted molar refractivity (Wildman–Crippen MR) is 103 cm³/mol. The molecule has 25 heavy (non-hydrogen) atoms. The number of rotatable bonds is 5. The van der Waals surface area contributed by atoms with Crippen LogP contribution in [-0.2, 0) is 0 Å². The molecule has 1 saturated heterocycles. The molecule has 2 aromatic rings. The molecule has 0 aliphatic carbocycles. The second-order valence-electron chi connectivity index (χ2n) is 6.51. The van der Waals surface area contributed by atoms with E-state index in [1.54, 1.807) is 0 Å². The molecule has 4 heteroatoms. The lowest BCUT2D eigenvalue weighted by atomic mass is 9.97. The van der Waals surface area contributed by atoms with Gasteiger partial charge in [-0.15, -0.1) is 0 Å². The van der Waals surface area contributed by atoms with Crippen molar-refractivity contribution >= 4 is 11.7 Å². The summed E-state index contributed by atoms with van der Waals surface area (Å²) in [7, 11) is 0. The SMILES string of the molecule is CCC(CNC(=O)N1CCN(c2ccccc2)CC1)c1ccccc1. The van der Waals surface area contributed by atoms with E-state index in [2.05, 4.69) is 65.7 Å². The van der Waals surface area contributed by atoms with Gasteiger partial charge in [0.25, 0.3) is 0 Å². The summed E-state index contributed by atoms with van der Waals surface area (Å²) < 4.78 is 0. The van der Waals surface area contributed by atoms with Gasteiger partial charge in [0.2, 0.25) is 0 Å². The van der Waals surface area contributed by atoms with Gasteiger partial charge >= 0.3 is 6.03 Å². The van der Waals surface area contributed by atoms with Gasteiger partial charge in [-0.2, -0.15) is 0 Å². The van der Waals surface area contributed by atoms with Crippen molar-refractivity contribution in [1.29, 1.82) is 0 Å². The Hall–Kier alpha value is -2.49. The lowest BCUT2D eigenvalue weighted by Crippen LogP contribution is -2.52. The Balaban J connectivity index is 1.48. The molecule has 0 radical (unpaired) electrons. The fraction of sp³-hybridized carbons (Fsp3) is 0.381. The van der Waals surface area contributed by atoms with Gasteiger partial charge < -0.3 is 15.1 Å². The van der Waals surface area contributed by atoms with Crippen molar-refractivity contribution in [1.82, 2.24) is 10.2 Å². The first-order chi connectivity index (χ1) is 12.3. The molecule has 1 fully saturated rings. The number of hydrogen-bond donors (Lipinski definition) is 1. The van der Waals surface area contributed by atoms with Crippen molar-refractivity contribution in [2.45, 2.75) is 19.3 Å². The van der Waals surface area contributed by atoms with Crippen molar-refractivity contribution in [3.05, 3.63) is 66.2 Å². The molecule has 0 saturated carbocycles. The minimum atomic E-state index is 0.0575. The first-order valence-corrected chi connectivity index (χ1v) is 9.15. The van der Waals surface area contributed by atoms with Gasteiger partial charge in [0.15, 0.2) is 0 Å². The monoisotopic (exact) mass is 337 g/mol. The normalized spacial score (nSPS) is 15.7. The zero-order chi connectivity index (χ0) is 17.5. The first-order valence-electron chi connectivity index (χ1n) is 9.15. The Morgan fingerprint density at radius 2 is 1.56 bits per heavy atom. The Morgan fingerprint density at radius 1 is 0.960 bits per heavy atom. The van der Waals surface area contributed by atoms with Crippen LogP contribution in [0.1, 0.15) is 24.8 Å². The molecule has 2 amide bonds. The number of amides is 2. The molecule has 4 nitrogen and oxygen atoms in total. The zero-order valence-corrected chi connectivity index (χ0v) is 14.9. The molecular formula is C21H27N3O. The largest absolute Gasteiger partial charge is 0.368 e. The third kappa shape index (κ3) is 4.53. The molecule has 0 spiro atoms. The Kier molecular flexibility index (Phi) is 5.94.